The fourth-order valence-corrected chi connectivity index (χ4v) is 3.14. The van der Waals surface area contributed by atoms with Gasteiger partial charge in [-0.15, -0.1) is 12.4 Å². The minimum atomic E-state index is 0. The molecule has 1 saturated carbocycles. The highest BCUT2D eigenvalue weighted by Gasteiger charge is 2.27. The van der Waals surface area contributed by atoms with Crippen molar-refractivity contribution in [2.45, 2.75) is 38.3 Å². The first kappa shape index (κ1) is 17.5. The van der Waals surface area contributed by atoms with Gasteiger partial charge >= 0.3 is 0 Å². The van der Waals surface area contributed by atoms with E-state index in [1.807, 2.05) is 31.3 Å². The van der Waals surface area contributed by atoms with Crippen molar-refractivity contribution in [2.75, 3.05) is 7.05 Å². The largest absolute Gasteiger partial charge is 0.341 e. The lowest BCUT2D eigenvalue weighted by Gasteiger charge is -2.21. The molecule has 1 aliphatic rings. The lowest BCUT2D eigenvalue weighted by Crippen LogP contribution is -2.32. The van der Waals surface area contributed by atoms with E-state index in [0.29, 0.717) is 18.9 Å². The summed E-state index contributed by atoms with van der Waals surface area (Å²) in [7, 11) is 1.86. The molecular weight excluding hydrogens is 340 g/mol. The molecule has 1 aliphatic carbocycles. The Morgan fingerprint density at radius 2 is 2.20 bits per heavy atom. The Morgan fingerprint density at radius 1 is 1.45 bits per heavy atom. The number of rotatable bonds is 4. The van der Waals surface area contributed by atoms with E-state index < -0.39 is 0 Å². The van der Waals surface area contributed by atoms with Crippen LogP contribution in [0.15, 0.2) is 28.7 Å². The van der Waals surface area contributed by atoms with Gasteiger partial charge in [0.05, 0.1) is 0 Å². The minimum Gasteiger partial charge on any atom is -0.341 e. The number of amides is 1. The van der Waals surface area contributed by atoms with Crippen LogP contribution < -0.4 is 5.73 Å². The molecule has 20 heavy (non-hydrogen) atoms. The molecule has 0 radical (unpaired) electrons. The first-order valence-corrected chi connectivity index (χ1v) is 7.59. The molecule has 5 heteroatoms. The van der Waals surface area contributed by atoms with Gasteiger partial charge in [0.1, 0.15) is 0 Å². The summed E-state index contributed by atoms with van der Waals surface area (Å²) < 4.78 is 1.05. The second-order valence-corrected chi connectivity index (χ2v) is 6.35. The SMILES string of the molecule is CN(Cc1cccc(Br)c1)C(=O)C[C@@H]1CCC[C@H]1N.Cl. The number of carbonyl (C=O) groups excluding carboxylic acids is 1. The molecule has 1 aromatic carbocycles. The number of hydrogen-bond donors (Lipinski definition) is 1. The fourth-order valence-electron chi connectivity index (χ4n) is 2.70. The molecule has 2 N–H and O–H groups in total. The van der Waals surface area contributed by atoms with E-state index >= 15 is 0 Å². The van der Waals surface area contributed by atoms with Gasteiger partial charge in [-0.1, -0.05) is 34.5 Å². The van der Waals surface area contributed by atoms with Crippen molar-refractivity contribution in [1.82, 2.24) is 4.90 Å². The Morgan fingerprint density at radius 3 is 2.80 bits per heavy atom. The summed E-state index contributed by atoms with van der Waals surface area (Å²) in [5, 5.41) is 0. The summed E-state index contributed by atoms with van der Waals surface area (Å²) in [4.78, 5) is 14.0. The maximum absolute atomic E-state index is 12.2. The average molecular weight is 362 g/mol. The third-order valence-electron chi connectivity index (χ3n) is 3.89. The third kappa shape index (κ3) is 4.76. The van der Waals surface area contributed by atoms with Crippen molar-refractivity contribution >= 4 is 34.2 Å². The van der Waals surface area contributed by atoms with Gasteiger partial charge < -0.3 is 10.6 Å². The summed E-state index contributed by atoms with van der Waals surface area (Å²) in [6, 6.07) is 8.28. The first-order chi connectivity index (χ1) is 9.06. The molecule has 1 aromatic rings. The van der Waals surface area contributed by atoms with Crippen LogP contribution in [0.1, 0.15) is 31.2 Å². The topological polar surface area (TPSA) is 46.3 Å². The molecule has 1 amide bonds. The van der Waals surface area contributed by atoms with Crippen molar-refractivity contribution in [3.05, 3.63) is 34.3 Å². The highest BCUT2D eigenvalue weighted by Crippen LogP contribution is 2.27. The lowest BCUT2D eigenvalue weighted by molar-refractivity contribution is -0.131. The van der Waals surface area contributed by atoms with Crippen molar-refractivity contribution < 1.29 is 4.79 Å². The predicted molar refractivity (Wildman–Crippen MR) is 87.8 cm³/mol. The molecule has 0 heterocycles. The lowest BCUT2D eigenvalue weighted by atomic mass is 9.99. The molecule has 0 unspecified atom stereocenters. The van der Waals surface area contributed by atoms with Crippen molar-refractivity contribution in [3.8, 4) is 0 Å². The molecule has 2 atom stereocenters. The predicted octanol–water partition coefficient (Wildman–Crippen LogP) is 3.35. The smallest absolute Gasteiger partial charge is 0.222 e. The summed E-state index contributed by atoms with van der Waals surface area (Å²) in [5.74, 6) is 0.569. The Bertz CT molecular complexity index is 455. The van der Waals surface area contributed by atoms with Gasteiger partial charge in [-0.3, -0.25) is 4.79 Å². The molecule has 112 valence electrons. The van der Waals surface area contributed by atoms with Crippen LogP contribution in [0.25, 0.3) is 0 Å². The van der Waals surface area contributed by atoms with E-state index in [1.165, 1.54) is 0 Å². The van der Waals surface area contributed by atoms with Gasteiger partial charge in [-0.25, -0.2) is 0 Å². The zero-order valence-electron chi connectivity index (χ0n) is 11.7. The first-order valence-electron chi connectivity index (χ1n) is 6.80. The molecular formula is C15H22BrClN2O. The van der Waals surface area contributed by atoms with Gasteiger partial charge in [0.2, 0.25) is 5.91 Å². The molecule has 2 rings (SSSR count). The van der Waals surface area contributed by atoms with Crippen LogP contribution in [0.5, 0.6) is 0 Å². The Hall–Kier alpha value is -0.580. The van der Waals surface area contributed by atoms with Crippen LogP contribution >= 0.6 is 28.3 Å². The fraction of sp³-hybridized carbons (Fsp3) is 0.533. The number of nitrogens with zero attached hydrogens (tertiary/aromatic N) is 1. The van der Waals surface area contributed by atoms with E-state index in [1.54, 1.807) is 4.90 Å². The van der Waals surface area contributed by atoms with Crippen LogP contribution in [-0.2, 0) is 11.3 Å². The number of nitrogens with two attached hydrogens (primary N) is 1. The van der Waals surface area contributed by atoms with Crippen LogP contribution in [0, 0.1) is 5.92 Å². The molecule has 0 saturated heterocycles. The normalized spacial score (nSPS) is 21.4. The minimum absolute atomic E-state index is 0. The third-order valence-corrected chi connectivity index (χ3v) is 4.38. The monoisotopic (exact) mass is 360 g/mol. The molecule has 3 nitrogen and oxygen atoms in total. The average Bonchev–Trinajstić information content (AvgIpc) is 2.75. The van der Waals surface area contributed by atoms with Gasteiger partial charge in [0.15, 0.2) is 0 Å². The van der Waals surface area contributed by atoms with Crippen LogP contribution in [0.3, 0.4) is 0 Å². The highest BCUT2D eigenvalue weighted by atomic mass is 79.9. The maximum Gasteiger partial charge on any atom is 0.222 e. The quantitative estimate of drug-likeness (QED) is 0.894. The number of hydrogen-bond acceptors (Lipinski definition) is 2. The number of carbonyl (C=O) groups is 1. The molecule has 0 aliphatic heterocycles. The van der Waals surface area contributed by atoms with E-state index in [2.05, 4.69) is 15.9 Å². The zero-order valence-corrected chi connectivity index (χ0v) is 14.1. The summed E-state index contributed by atoms with van der Waals surface area (Å²) in [6.45, 7) is 0.653. The number of halogens is 2. The van der Waals surface area contributed by atoms with Gasteiger partial charge in [0.25, 0.3) is 0 Å². The highest BCUT2D eigenvalue weighted by molar-refractivity contribution is 9.10. The van der Waals surface area contributed by atoms with Crippen molar-refractivity contribution in [3.63, 3.8) is 0 Å². The molecule has 0 aromatic heterocycles. The summed E-state index contributed by atoms with van der Waals surface area (Å²) in [6.07, 6.45) is 3.91. The van der Waals surface area contributed by atoms with E-state index in [9.17, 15) is 4.79 Å². The Labute approximate surface area is 135 Å². The van der Waals surface area contributed by atoms with Crippen LogP contribution in [-0.4, -0.2) is 23.9 Å². The second-order valence-electron chi connectivity index (χ2n) is 5.44. The Kier molecular flexibility index (Phi) is 7.00. The molecule has 1 fully saturated rings. The van der Waals surface area contributed by atoms with E-state index in [4.69, 9.17) is 5.73 Å². The van der Waals surface area contributed by atoms with Crippen LogP contribution in [0.2, 0.25) is 0 Å². The second kappa shape index (κ2) is 8.01. The van der Waals surface area contributed by atoms with Gasteiger partial charge in [0, 0.05) is 30.5 Å². The molecule has 0 spiro atoms. The molecule has 0 bridgehead atoms. The Balaban J connectivity index is 0.00000200. The summed E-state index contributed by atoms with van der Waals surface area (Å²) in [5.41, 5.74) is 7.16. The zero-order chi connectivity index (χ0) is 13.8. The van der Waals surface area contributed by atoms with Crippen LogP contribution in [0.4, 0.5) is 0 Å². The summed E-state index contributed by atoms with van der Waals surface area (Å²) >= 11 is 3.45. The maximum atomic E-state index is 12.2. The van der Waals surface area contributed by atoms with Crippen molar-refractivity contribution in [1.29, 1.82) is 0 Å². The van der Waals surface area contributed by atoms with Crippen molar-refractivity contribution in [2.24, 2.45) is 11.7 Å². The van der Waals surface area contributed by atoms with E-state index in [-0.39, 0.29) is 24.4 Å². The van der Waals surface area contributed by atoms with Gasteiger partial charge in [-0.2, -0.15) is 0 Å². The van der Waals surface area contributed by atoms with E-state index in [0.717, 1.165) is 29.3 Å². The number of benzene rings is 1. The standard InChI is InChI=1S/C15H21BrN2O.ClH/c1-18(10-11-4-2-6-13(16)8-11)15(19)9-12-5-3-7-14(12)17;/h2,4,6,8,12,14H,3,5,7,9-10,17H2,1H3;1H/t12-,14+;/m0./s1. The van der Waals surface area contributed by atoms with Gasteiger partial charge in [-0.05, 0) is 36.5 Å².